The summed E-state index contributed by atoms with van der Waals surface area (Å²) in [5.74, 6) is 2.71. The zero-order chi connectivity index (χ0) is 14.4. The van der Waals surface area contributed by atoms with Crippen molar-refractivity contribution in [2.45, 2.75) is 32.2 Å². The smallest absolute Gasteiger partial charge is 0.137 e. The van der Waals surface area contributed by atoms with Crippen molar-refractivity contribution in [3.8, 4) is 11.4 Å². The van der Waals surface area contributed by atoms with Crippen molar-refractivity contribution in [1.82, 2.24) is 15.3 Å². The average Bonchev–Trinajstić information content (AvgIpc) is 2.88. The monoisotopic (exact) mass is 289 g/mol. The molecule has 0 atom stereocenters. The number of thioether (sulfide) groups is 1. The molecule has 0 saturated heterocycles. The summed E-state index contributed by atoms with van der Waals surface area (Å²) in [4.78, 5) is 9.14. The summed E-state index contributed by atoms with van der Waals surface area (Å²) in [6, 6.07) is 8.57. The zero-order valence-electron chi connectivity index (χ0n) is 12.4. The first kappa shape index (κ1) is 15.1. The van der Waals surface area contributed by atoms with Crippen LogP contribution in [0.4, 0.5) is 0 Å². The van der Waals surface area contributed by atoms with Gasteiger partial charge in [-0.3, -0.25) is 0 Å². The molecule has 2 N–H and O–H groups in total. The second-order valence-electron chi connectivity index (χ2n) is 5.24. The minimum atomic E-state index is 0.668. The van der Waals surface area contributed by atoms with Gasteiger partial charge < -0.3 is 10.3 Å². The van der Waals surface area contributed by atoms with E-state index in [0.29, 0.717) is 5.92 Å². The third-order valence-electron chi connectivity index (χ3n) is 2.94. The summed E-state index contributed by atoms with van der Waals surface area (Å²) in [5.41, 5.74) is 2.27. The lowest BCUT2D eigenvalue weighted by atomic mass is 10.2. The van der Waals surface area contributed by atoms with Crippen LogP contribution < -0.4 is 5.32 Å². The molecule has 1 heterocycles. The number of aromatic nitrogens is 2. The largest absolute Gasteiger partial charge is 0.341 e. The Kier molecular flexibility index (Phi) is 5.68. The highest BCUT2D eigenvalue weighted by molar-refractivity contribution is 7.99. The average molecular weight is 289 g/mol. The molecule has 0 aliphatic rings. The van der Waals surface area contributed by atoms with Crippen molar-refractivity contribution in [2.24, 2.45) is 5.92 Å². The summed E-state index contributed by atoms with van der Waals surface area (Å²) in [5, 5.41) is 3.42. The lowest BCUT2D eigenvalue weighted by Crippen LogP contribution is -2.19. The van der Waals surface area contributed by atoms with Crippen molar-refractivity contribution in [2.75, 3.05) is 12.3 Å². The second-order valence-corrected chi connectivity index (χ2v) is 6.58. The number of rotatable bonds is 7. The van der Waals surface area contributed by atoms with Crippen LogP contribution in [0.25, 0.3) is 11.4 Å². The number of hydrogen-bond donors (Lipinski definition) is 2. The molecule has 0 fully saturated rings. The minimum absolute atomic E-state index is 0.668. The molecule has 3 nitrogen and oxygen atoms in total. The van der Waals surface area contributed by atoms with Gasteiger partial charge in [0.05, 0.1) is 0 Å². The van der Waals surface area contributed by atoms with Crippen LogP contribution in [0, 0.1) is 5.92 Å². The summed E-state index contributed by atoms with van der Waals surface area (Å²) >= 11 is 1.86. The molecule has 0 amide bonds. The molecule has 0 spiro atoms. The first-order valence-electron chi connectivity index (χ1n) is 7.17. The Bertz CT molecular complexity index is 517. The highest BCUT2D eigenvalue weighted by Gasteiger charge is 2.04. The lowest BCUT2D eigenvalue weighted by molar-refractivity contribution is 0.549. The molecule has 0 aliphatic heterocycles. The maximum Gasteiger partial charge on any atom is 0.137 e. The molecule has 108 valence electrons. The molecular weight excluding hydrogens is 266 g/mol. The molecule has 20 heavy (non-hydrogen) atoms. The standard InChI is InChI=1S/C16H23N3S/c1-4-20-15-7-5-13(6-8-15)16-18-11-14(19-16)10-17-9-12(2)3/h5-8,11-12,17H,4,9-10H2,1-3H3,(H,18,19). The first-order valence-corrected chi connectivity index (χ1v) is 8.15. The molecular formula is C16H23N3S. The van der Waals surface area contributed by atoms with E-state index in [1.165, 1.54) is 4.90 Å². The van der Waals surface area contributed by atoms with Gasteiger partial charge in [0.1, 0.15) is 5.82 Å². The molecule has 0 aliphatic carbocycles. The topological polar surface area (TPSA) is 40.7 Å². The van der Waals surface area contributed by atoms with E-state index < -0.39 is 0 Å². The fourth-order valence-electron chi connectivity index (χ4n) is 1.97. The Labute approximate surface area is 125 Å². The van der Waals surface area contributed by atoms with Gasteiger partial charge in [0.25, 0.3) is 0 Å². The van der Waals surface area contributed by atoms with E-state index in [0.717, 1.165) is 35.9 Å². The molecule has 0 radical (unpaired) electrons. The maximum atomic E-state index is 4.46. The quantitative estimate of drug-likeness (QED) is 0.759. The number of aromatic amines is 1. The fourth-order valence-corrected chi connectivity index (χ4v) is 2.63. The molecule has 1 aromatic carbocycles. The van der Waals surface area contributed by atoms with Gasteiger partial charge in [0.2, 0.25) is 0 Å². The highest BCUT2D eigenvalue weighted by Crippen LogP contribution is 2.22. The van der Waals surface area contributed by atoms with Crippen LogP contribution in [0.5, 0.6) is 0 Å². The lowest BCUT2D eigenvalue weighted by Gasteiger charge is -2.05. The highest BCUT2D eigenvalue weighted by atomic mass is 32.2. The fraction of sp³-hybridized carbons (Fsp3) is 0.438. The van der Waals surface area contributed by atoms with Crippen LogP contribution in [0.1, 0.15) is 26.5 Å². The van der Waals surface area contributed by atoms with Crippen molar-refractivity contribution >= 4 is 11.8 Å². The SMILES string of the molecule is CCSc1ccc(-c2ncc(CNCC(C)C)[nH]2)cc1. The predicted molar refractivity (Wildman–Crippen MR) is 87.0 cm³/mol. The Morgan fingerprint density at radius 3 is 2.65 bits per heavy atom. The second kappa shape index (κ2) is 7.50. The number of imidazole rings is 1. The van der Waals surface area contributed by atoms with Crippen LogP contribution in [-0.4, -0.2) is 22.3 Å². The van der Waals surface area contributed by atoms with Crippen molar-refractivity contribution in [3.05, 3.63) is 36.2 Å². The Morgan fingerprint density at radius 1 is 1.25 bits per heavy atom. The first-order chi connectivity index (χ1) is 9.69. The van der Waals surface area contributed by atoms with Gasteiger partial charge in [0.15, 0.2) is 0 Å². The van der Waals surface area contributed by atoms with Gasteiger partial charge in [-0.15, -0.1) is 11.8 Å². The summed E-state index contributed by atoms with van der Waals surface area (Å²) in [6.07, 6.45) is 1.91. The van der Waals surface area contributed by atoms with E-state index in [-0.39, 0.29) is 0 Å². The molecule has 2 aromatic rings. The van der Waals surface area contributed by atoms with Crippen LogP contribution in [-0.2, 0) is 6.54 Å². The molecule has 2 rings (SSSR count). The van der Waals surface area contributed by atoms with Crippen LogP contribution in [0.15, 0.2) is 35.4 Å². The van der Waals surface area contributed by atoms with Crippen molar-refractivity contribution in [3.63, 3.8) is 0 Å². The van der Waals surface area contributed by atoms with E-state index >= 15 is 0 Å². The van der Waals surface area contributed by atoms with E-state index in [1.54, 1.807) is 0 Å². The summed E-state index contributed by atoms with van der Waals surface area (Å²) in [6.45, 7) is 8.45. The third-order valence-corrected chi connectivity index (χ3v) is 3.83. The molecule has 4 heteroatoms. The predicted octanol–water partition coefficient (Wildman–Crippen LogP) is 3.93. The van der Waals surface area contributed by atoms with E-state index in [9.17, 15) is 0 Å². The van der Waals surface area contributed by atoms with Crippen LogP contribution in [0.3, 0.4) is 0 Å². The number of nitrogens with one attached hydrogen (secondary N) is 2. The van der Waals surface area contributed by atoms with Crippen LogP contribution in [0.2, 0.25) is 0 Å². The van der Waals surface area contributed by atoms with Gasteiger partial charge in [-0.25, -0.2) is 4.98 Å². The normalized spacial score (nSPS) is 11.2. The minimum Gasteiger partial charge on any atom is -0.341 e. The molecule has 1 aromatic heterocycles. The maximum absolute atomic E-state index is 4.46. The number of H-pyrrole nitrogens is 1. The molecule has 0 saturated carbocycles. The van der Waals surface area contributed by atoms with E-state index in [2.05, 4.69) is 60.3 Å². The van der Waals surface area contributed by atoms with Gasteiger partial charge in [0, 0.05) is 28.9 Å². The van der Waals surface area contributed by atoms with E-state index in [4.69, 9.17) is 0 Å². The van der Waals surface area contributed by atoms with Gasteiger partial charge in [-0.05, 0) is 30.3 Å². The summed E-state index contributed by atoms with van der Waals surface area (Å²) < 4.78 is 0. The van der Waals surface area contributed by atoms with Gasteiger partial charge >= 0.3 is 0 Å². The zero-order valence-corrected chi connectivity index (χ0v) is 13.3. The number of hydrogen-bond acceptors (Lipinski definition) is 3. The van der Waals surface area contributed by atoms with Crippen molar-refractivity contribution in [1.29, 1.82) is 0 Å². The number of benzene rings is 1. The Hall–Kier alpha value is -1.26. The Balaban J connectivity index is 1.97. The Morgan fingerprint density at radius 2 is 2.00 bits per heavy atom. The van der Waals surface area contributed by atoms with Gasteiger partial charge in [-0.1, -0.05) is 32.9 Å². The van der Waals surface area contributed by atoms with E-state index in [1.807, 2.05) is 18.0 Å². The molecule has 0 unspecified atom stereocenters. The van der Waals surface area contributed by atoms with Crippen molar-refractivity contribution < 1.29 is 0 Å². The van der Waals surface area contributed by atoms with Crippen LogP contribution >= 0.6 is 11.8 Å². The summed E-state index contributed by atoms with van der Waals surface area (Å²) in [7, 11) is 0. The van der Waals surface area contributed by atoms with Gasteiger partial charge in [-0.2, -0.15) is 0 Å². The number of nitrogens with zero attached hydrogens (tertiary/aromatic N) is 1. The molecule has 0 bridgehead atoms. The third kappa shape index (κ3) is 4.39.